The number of aliphatic imine (C=N–C) groups is 6. The third-order valence-electron chi connectivity index (χ3n) is 7.24. The molecule has 0 spiro atoms. The molecule has 0 aliphatic carbocycles. The van der Waals surface area contributed by atoms with E-state index in [0.717, 1.165) is 44.2 Å². The predicted molar refractivity (Wildman–Crippen MR) is 165 cm³/mol. The third-order valence-corrected chi connectivity index (χ3v) is 7.24. The molecule has 0 amide bonds. The van der Waals surface area contributed by atoms with Gasteiger partial charge in [-0.1, -0.05) is 103 Å². The van der Waals surface area contributed by atoms with Crippen molar-refractivity contribution in [3.05, 3.63) is 142 Å². The number of aromatic nitrogens is 1. The van der Waals surface area contributed by atoms with E-state index in [1.54, 1.807) is 7.05 Å². The summed E-state index contributed by atoms with van der Waals surface area (Å²) in [5.41, 5.74) is 5.47. The zero-order valence-electron chi connectivity index (χ0n) is 22.6. The van der Waals surface area contributed by atoms with Gasteiger partial charge >= 0.3 is 19.5 Å². The largest absolute Gasteiger partial charge is 2.00 e. The zero-order valence-corrected chi connectivity index (χ0v) is 25.6. The number of nitrogens with zero attached hydrogens (tertiary/aromatic N) is 8. The quantitative estimate of drug-likeness (QED) is 0.217. The van der Waals surface area contributed by atoms with Gasteiger partial charge in [0.2, 0.25) is 0 Å². The second-order valence-corrected chi connectivity index (χ2v) is 9.64. The fourth-order valence-corrected chi connectivity index (χ4v) is 5.28. The van der Waals surface area contributed by atoms with Gasteiger partial charge in [-0.15, -0.1) is 0 Å². The molecule has 0 radical (unpaired) electrons. The maximum absolute atomic E-state index is 4.95. The summed E-state index contributed by atoms with van der Waals surface area (Å²) in [7, 11) is 1.74. The molecule has 0 fully saturated rings. The zero-order chi connectivity index (χ0) is 27.3. The van der Waals surface area contributed by atoms with Gasteiger partial charge in [-0.25, -0.2) is 9.98 Å². The molecular formula is C33H20N8Zn. The SMILES string of the molecule is CN=C1N=C(N=C2[N-]C(=NC3=N/C(=N\c4[n-]cc5ccccc45)c4ccccc43)c3ccccc32)c2ccccc21.[Zn+2]. The summed E-state index contributed by atoms with van der Waals surface area (Å²) in [6.07, 6.45) is 1.83. The van der Waals surface area contributed by atoms with Crippen LogP contribution in [0.5, 0.6) is 0 Å². The Kier molecular flexibility index (Phi) is 6.37. The van der Waals surface area contributed by atoms with Gasteiger partial charge in [-0.3, -0.25) is 4.99 Å². The van der Waals surface area contributed by atoms with Crippen molar-refractivity contribution >= 4 is 51.6 Å². The second kappa shape index (κ2) is 10.4. The number of rotatable bonds is 1. The molecule has 4 aromatic carbocycles. The minimum absolute atomic E-state index is 0. The van der Waals surface area contributed by atoms with Crippen LogP contribution in [0.15, 0.2) is 133 Å². The van der Waals surface area contributed by atoms with Gasteiger partial charge in [-0.2, -0.15) is 0 Å². The summed E-state index contributed by atoms with van der Waals surface area (Å²) in [5.74, 6) is 4.11. The van der Waals surface area contributed by atoms with Gasteiger partial charge in [0, 0.05) is 41.0 Å². The summed E-state index contributed by atoms with van der Waals surface area (Å²) in [6.45, 7) is 0. The molecule has 0 saturated carbocycles. The average Bonchev–Trinajstić information content (AvgIpc) is 3.78. The fraction of sp³-hybridized carbons (Fsp3) is 0.0303. The van der Waals surface area contributed by atoms with Gasteiger partial charge in [0.05, 0.1) is 17.5 Å². The first-order chi connectivity index (χ1) is 20.3. The topological polar surface area (TPSA) is 102 Å². The Bertz CT molecular complexity index is 2090. The van der Waals surface area contributed by atoms with E-state index in [0.29, 0.717) is 40.8 Å². The molecule has 3 aliphatic heterocycles. The van der Waals surface area contributed by atoms with Crippen molar-refractivity contribution in [2.45, 2.75) is 0 Å². The van der Waals surface area contributed by atoms with E-state index in [4.69, 9.17) is 25.3 Å². The van der Waals surface area contributed by atoms with Crippen molar-refractivity contribution in [1.82, 2.24) is 4.98 Å². The monoisotopic (exact) mass is 592 g/mol. The van der Waals surface area contributed by atoms with Crippen molar-refractivity contribution in [3.63, 3.8) is 0 Å². The molecule has 1 aromatic heterocycles. The first-order valence-electron chi connectivity index (χ1n) is 13.2. The number of amidine groups is 6. The summed E-state index contributed by atoms with van der Waals surface area (Å²) in [4.78, 5) is 33.1. The van der Waals surface area contributed by atoms with E-state index >= 15 is 0 Å². The molecule has 8 nitrogen and oxygen atoms in total. The molecule has 3 aliphatic rings. The Balaban J connectivity index is 0.00000288. The van der Waals surface area contributed by atoms with Gasteiger partial charge in [0.15, 0.2) is 5.84 Å². The van der Waals surface area contributed by atoms with Crippen LogP contribution in [0.4, 0.5) is 5.82 Å². The Morgan fingerprint density at radius 1 is 0.548 bits per heavy atom. The van der Waals surface area contributed by atoms with Crippen LogP contribution in [0.3, 0.4) is 0 Å². The van der Waals surface area contributed by atoms with E-state index in [-0.39, 0.29) is 19.5 Å². The smallest absolute Gasteiger partial charge is 0.441 e. The first-order valence-corrected chi connectivity index (χ1v) is 13.2. The van der Waals surface area contributed by atoms with Crippen LogP contribution in [0.25, 0.3) is 16.1 Å². The van der Waals surface area contributed by atoms with Crippen molar-refractivity contribution in [3.8, 4) is 0 Å². The van der Waals surface area contributed by atoms with E-state index < -0.39 is 0 Å². The predicted octanol–water partition coefficient (Wildman–Crippen LogP) is 6.05. The van der Waals surface area contributed by atoms with Crippen LogP contribution in [0, 0.1) is 0 Å². The molecule has 0 saturated heterocycles. The van der Waals surface area contributed by atoms with Crippen molar-refractivity contribution in [1.29, 1.82) is 0 Å². The Labute approximate surface area is 254 Å². The summed E-state index contributed by atoms with van der Waals surface area (Å²) in [5, 5.41) is 6.90. The minimum atomic E-state index is 0. The van der Waals surface area contributed by atoms with Gasteiger partial charge < -0.3 is 25.3 Å². The Morgan fingerprint density at radius 3 is 1.67 bits per heavy atom. The van der Waals surface area contributed by atoms with Crippen LogP contribution in [-0.2, 0) is 19.5 Å². The van der Waals surface area contributed by atoms with E-state index in [9.17, 15) is 0 Å². The standard InChI is InChI=1S/C33H20N8.Zn/c1-34-27-21-12-4-5-13-22(21)29(36-27)38-31-25-16-8-9-17-26(25)33(40-31)41-32-24-15-7-6-14-23(24)30(39-32)37-28-20-11-3-2-10-19(20)18-35-28;/h2-18H,1H3;/q-2;+2. The molecule has 0 bridgehead atoms. The average molecular weight is 594 g/mol. The van der Waals surface area contributed by atoms with Crippen LogP contribution < -0.4 is 4.98 Å². The maximum atomic E-state index is 4.95. The van der Waals surface area contributed by atoms with Crippen molar-refractivity contribution in [2.24, 2.45) is 30.0 Å². The summed E-state index contributed by atoms with van der Waals surface area (Å²) >= 11 is 0. The number of fused-ring (bicyclic) bond motifs is 4. The Morgan fingerprint density at radius 2 is 1.05 bits per heavy atom. The van der Waals surface area contributed by atoms with Gasteiger partial charge in [0.1, 0.15) is 0 Å². The first kappa shape index (κ1) is 25.8. The molecule has 0 atom stereocenters. The normalized spacial score (nSPS) is 18.6. The number of hydrogen-bond acceptors (Lipinski definition) is 4. The summed E-state index contributed by atoms with van der Waals surface area (Å²) < 4.78 is 0. The number of benzene rings is 4. The van der Waals surface area contributed by atoms with Crippen molar-refractivity contribution in [2.75, 3.05) is 7.05 Å². The fourth-order valence-electron chi connectivity index (χ4n) is 5.28. The van der Waals surface area contributed by atoms with Crippen molar-refractivity contribution < 1.29 is 19.5 Å². The van der Waals surface area contributed by atoms with E-state index in [1.807, 2.05) is 103 Å². The summed E-state index contributed by atoms with van der Waals surface area (Å²) in [6, 6.07) is 31.9. The molecular weight excluding hydrogens is 574 g/mol. The van der Waals surface area contributed by atoms with Gasteiger partial charge in [-0.05, 0) is 27.7 Å². The molecule has 9 heteroatoms. The molecule has 194 valence electrons. The molecule has 8 rings (SSSR count). The molecule has 42 heavy (non-hydrogen) atoms. The molecule has 4 heterocycles. The molecule has 0 unspecified atom stereocenters. The maximum Gasteiger partial charge on any atom is 2.00 e. The van der Waals surface area contributed by atoms with E-state index in [2.05, 4.69) is 15.0 Å². The van der Waals surface area contributed by atoms with Crippen LogP contribution >= 0.6 is 0 Å². The molecule has 0 N–H and O–H groups in total. The van der Waals surface area contributed by atoms with E-state index in [1.165, 1.54) is 0 Å². The second-order valence-electron chi connectivity index (χ2n) is 9.64. The molecule has 5 aromatic rings. The minimum Gasteiger partial charge on any atom is -0.441 e. The van der Waals surface area contributed by atoms with Gasteiger partial charge in [0.25, 0.3) is 0 Å². The van der Waals surface area contributed by atoms with Crippen LogP contribution in [0.2, 0.25) is 0 Å². The number of hydrogen-bond donors (Lipinski definition) is 0. The third kappa shape index (κ3) is 4.17. The Hall–Kier alpha value is -5.14. The van der Waals surface area contributed by atoms with Crippen LogP contribution in [0.1, 0.15) is 33.4 Å². The van der Waals surface area contributed by atoms with Crippen LogP contribution in [-0.4, -0.2) is 42.1 Å².